The Morgan fingerprint density at radius 2 is 2.22 bits per heavy atom. The topological polar surface area (TPSA) is 29.3 Å². The van der Waals surface area contributed by atoms with Crippen LogP contribution in [0.15, 0.2) is 18.2 Å². The maximum absolute atomic E-state index is 13.9. The number of hydrogen-bond donors (Lipinski definition) is 1. The van der Waals surface area contributed by atoms with Gasteiger partial charge in [0.15, 0.2) is 0 Å². The third kappa shape index (κ3) is 2.68. The number of hydrogen-bond acceptors (Lipinski definition) is 2. The Hall–Kier alpha value is -0.640. The van der Waals surface area contributed by atoms with Crippen LogP contribution in [-0.4, -0.2) is 24.0 Å². The van der Waals surface area contributed by atoms with Crippen LogP contribution in [0.2, 0.25) is 5.02 Å². The minimum Gasteiger partial charge on any atom is -0.329 e. The maximum Gasteiger partial charge on any atom is 0.128 e. The molecule has 100 valence electrons. The van der Waals surface area contributed by atoms with Gasteiger partial charge in [-0.1, -0.05) is 18.5 Å². The van der Waals surface area contributed by atoms with E-state index in [4.69, 9.17) is 17.3 Å². The third-order valence-corrected chi connectivity index (χ3v) is 4.01. The zero-order valence-corrected chi connectivity index (χ0v) is 11.6. The molecule has 0 radical (unpaired) electrons. The lowest BCUT2D eigenvalue weighted by Crippen LogP contribution is -2.36. The average Bonchev–Trinajstić information content (AvgIpc) is 2.64. The molecular weight excluding hydrogens is 251 g/mol. The van der Waals surface area contributed by atoms with Gasteiger partial charge < -0.3 is 5.73 Å². The quantitative estimate of drug-likeness (QED) is 0.914. The summed E-state index contributed by atoms with van der Waals surface area (Å²) in [7, 11) is 0. The highest BCUT2D eigenvalue weighted by Gasteiger charge is 2.33. The molecule has 0 bridgehead atoms. The number of likely N-dealkylation sites (tertiary alicyclic amines) is 1. The van der Waals surface area contributed by atoms with Gasteiger partial charge in [0.2, 0.25) is 0 Å². The first-order valence-corrected chi connectivity index (χ1v) is 6.81. The molecule has 2 nitrogen and oxygen atoms in total. The Morgan fingerprint density at radius 3 is 2.78 bits per heavy atom. The van der Waals surface area contributed by atoms with Crippen molar-refractivity contribution in [1.29, 1.82) is 0 Å². The molecule has 2 rings (SSSR count). The maximum atomic E-state index is 13.9. The van der Waals surface area contributed by atoms with Gasteiger partial charge in [0.05, 0.1) is 6.04 Å². The largest absolute Gasteiger partial charge is 0.329 e. The first-order valence-electron chi connectivity index (χ1n) is 6.43. The van der Waals surface area contributed by atoms with Gasteiger partial charge in [0.25, 0.3) is 0 Å². The fourth-order valence-electron chi connectivity index (χ4n) is 2.98. The summed E-state index contributed by atoms with van der Waals surface area (Å²) in [4.78, 5) is 2.29. The molecule has 0 amide bonds. The standard InChI is InChI=1S/C14H20ClFN2/c1-9-5-10(2)18(8-9)14(7-17)12-6-11(15)3-4-13(12)16/h3-4,6,9-10,14H,5,7-8,17H2,1-2H3. The van der Waals surface area contributed by atoms with Crippen molar-refractivity contribution in [3.8, 4) is 0 Å². The molecule has 1 aromatic rings. The molecule has 0 spiro atoms. The van der Waals surface area contributed by atoms with Crippen LogP contribution in [0.4, 0.5) is 4.39 Å². The van der Waals surface area contributed by atoms with Crippen molar-refractivity contribution >= 4 is 11.6 Å². The molecule has 0 aromatic heterocycles. The number of benzene rings is 1. The van der Waals surface area contributed by atoms with Crippen molar-refractivity contribution in [1.82, 2.24) is 4.90 Å². The van der Waals surface area contributed by atoms with Crippen molar-refractivity contribution < 1.29 is 4.39 Å². The van der Waals surface area contributed by atoms with Crippen molar-refractivity contribution in [2.24, 2.45) is 11.7 Å². The van der Waals surface area contributed by atoms with Crippen LogP contribution in [0.3, 0.4) is 0 Å². The second-order valence-electron chi connectivity index (χ2n) is 5.30. The Balaban J connectivity index is 2.30. The molecular formula is C14H20ClFN2. The highest BCUT2D eigenvalue weighted by Crippen LogP contribution is 2.33. The van der Waals surface area contributed by atoms with E-state index in [2.05, 4.69) is 18.7 Å². The van der Waals surface area contributed by atoms with Crippen LogP contribution in [0.25, 0.3) is 0 Å². The van der Waals surface area contributed by atoms with Crippen LogP contribution in [0, 0.1) is 11.7 Å². The van der Waals surface area contributed by atoms with Gasteiger partial charge in [-0.15, -0.1) is 0 Å². The Morgan fingerprint density at radius 1 is 1.50 bits per heavy atom. The predicted octanol–water partition coefficient (Wildman–Crippen LogP) is 3.21. The molecule has 3 unspecified atom stereocenters. The molecule has 0 saturated carbocycles. The summed E-state index contributed by atoms with van der Waals surface area (Å²) < 4.78 is 13.9. The summed E-state index contributed by atoms with van der Waals surface area (Å²) in [6.07, 6.45) is 1.14. The number of nitrogens with two attached hydrogens (primary N) is 1. The number of rotatable bonds is 3. The van der Waals surface area contributed by atoms with Crippen molar-refractivity contribution in [3.63, 3.8) is 0 Å². The molecule has 2 N–H and O–H groups in total. The van der Waals surface area contributed by atoms with E-state index in [9.17, 15) is 4.39 Å². The lowest BCUT2D eigenvalue weighted by atomic mass is 10.0. The predicted molar refractivity (Wildman–Crippen MR) is 73.2 cm³/mol. The highest BCUT2D eigenvalue weighted by molar-refractivity contribution is 6.30. The highest BCUT2D eigenvalue weighted by atomic mass is 35.5. The fourth-order valence-corrected chi connectivity index (χ4v) is 3.16. The first-order chi connectivity index (χ1) is 8.52. The van der Waals surface area contributed by atoms with Gasteiger partial charge in [-0.2, -0.15) is 0 Å². The molecule has 0 aliphatic carbocycles. The van der Waals surface area contributed by atoms with Crippen molar-refractivity contribution in [2.75, 3.05) is 13.1 Å². The smallest absolute Gasteiger partial charge is 0.128 e. The molecule has 18 heavy (non-hydrogen) atoms. The Labute approximate surface area is 113 Å². The monoisotopic (exact) mass is 270 g/mol. The molecule has 1 saturated heterocycles. The number of halogens is 2. The van der Waals surface area contributed by atoms with E-state index in [1.807, 2.05) is 0 Å². The van der Waals surface area contributed by atoms with Crippen LogP contribution >= 0.6 is 11.6 Å². The minimum absolute atomic E-state index is 0.0800. The van der Waals surface area contributed by atoms with E-state index in [1.54, 1.807) is 12.1 Å². The molecule has 3 atom stereocenters. The summed E-state index contributed by atoms with van der Waals surface area (Å²) in [6, 6.07) is 5.05. The second kappa shape index (κ2) is 5.55. The van der Waals surface area contributed by atoms with Crippen LogP contribution < -0.4 is 5.73 Å². The van der Waals surface area contributed by atoms with Crippen molar-refractivity contribution in [2.45, 2.75) is 32.4 Å². The van der Waals surface area contributed by atoms with E-state index in [1.165, 1.54) is 6.07 Å². The van der Waals surface area contributed by atoms with E-state index >= 15 is 0 Å². The van der Waals surface area contributed by atoms with E-state index in [-0.39, 0.29) is 11.9 Å². The lowest BCUT2D eigenvalue weighted by Gasteiger charge is -2.31. The third-order valence-electron chi connectivity index (χ3n) is 3.77. The molecule has 1 aliphatic rings. The van der Waals surface area contributed by atoms with Crippen molar-refractivity contribution in [3.05, 3.63) is 34.6 Å². The normalized spacial score (nSPS) is 26.5. The van der Waals surface area contributed by atoms with E-state index < -0.39 is 0 Å². The van der Waals surface area contributed by atoms with Gasteiger partial charge in [-0.05, 0) is 37.5 Å². The molecule has 1 aliphatic heterocycles. The molecule has 1 fully saturated rings. The average molecular weight is 271 g/mol. The van der Waals surface area contributed by atoms with Crippen LogP contribution in [-0.2, 0) is 0 Å². The SMILES string of the molecule is CC1CC(C)N(C(CN)c2cc(Cl)ccc2F)C1. The fraction of sp³-hybridized carbons (Fsp3) is 0.571. The summed E-state index contributed by atoms with van der Waals surface area (Å²) in [5, 5.41) is 0.560. The van der Waals surface area contributed by atoms with Gasteiger partial charge in [-0.25, -0.2) is 4.39 Å². The van der Waals surface area contributed by atoms with Crippen LogP contribution in [0.5, 0.6) is 0 Å². The summed E-state index contributed by atoms with van der Waals surface area (Å²) in [5.41, 5.74) is 6.48. The minimum atomic E-state index is -0.221. The van der Waals surface area contributed by atoms with Crippen LogP contribution in [0.1, 0.15) is 31.9 Å². The first kappa shape index (κ1) is 13.8. The van der Waals surface area contributed by atoms with Gasteiger partial charge in [0.1, 0.15) is 5.82 Å². The van der Waals surface area contributed by atoms with E-state index in [0.29, 0.717) is 29.1 Å². The van der Waals surface area contributed by atoms with E-state index in [0.717, 1.165) is 13.0 Å². The zero-order valence-electron chi connectivity index (χ0n) is 10.9. The summed E-state index contributed by atoms with van der Waals surface area (Å²) >= 11 is 5.96. The summed E-state index contributed by atoms with van der Waals surface area (Å²) in [5.74, 6) is 0.415. The van der Waals surface area contributed by atoms with Gasteiger partial charge >= 0.3 is 0 Å². The molecule has 4 heteroatoms. The van der Waals surface area contributed by atoms with Gasteiger partial charge in [0, 0.05) is 29.7 Å². The summed E-state index contributed by atoms with van der Waals surface area (Å²) in [6.45, 7) is 5.77. The Bertz CT molecular complexity index is 424. The molecule has 1 heterocycles. The zero-order chi connectivity index (χ0) is 13.3. The molecule has 1 aromatic carbocycles. The lowest BCUT2D eigenvalue weighted by molar-refractivity contribution is 0.188. The Kier molecular flexibility index (Phi) is 4.25. The second-order valence-corrected chi connectivity index (χ2v) is 5.74. The van der Waals surface area contributed by atoms with Gasteiger partial charge in [-0.3, -0.25) is 4.90 Å². The number of nitrogens with zero attached hydrogens (tertiary/aromatic N) is 1.